The van der Waals surface area contributed by atoms with Gasteiger partial charge >= 0.3 is 5.97 Å². The Morgan fingerprint density at radius 2 is 1.60 bits per heavy atom. The molecule has 2 aliphatic heterocycles. The number of carbonyl (C=O) groups excluding carboxylic acids is 1. The Labute approximate surface area is 255 Å². The van der Waals surface area contributed by atoms with Crippen molar-refractivity contribution in [2.45, 2.75) is 55.9 Å². The minimum Gasteiger partial charge on any atom is -0.477 e. The van der Waals surface area contributed by atoms with Crippen molar-refractivity contribution < 1.29 is 23.1 Å². The van der Waals surface area contributed by atoms with Crippen molar-refractivity contribution in [1.82, 2.24) is 4.31 Å². The first-order chi connectivity index (χ1) is 20.2. The number of carboxylic acid groups (broad SMARTS) is 1. The highest BCUT2D eigenvalue weighted by atomic mass is 35.5. The summed E-state index contributed by atoms with van der Waals surface area (Å²) in [6.45, 7) is 1.71. The zero-order chi connectivity index (χ0) is 29.4. The van der Waals surface area contributed by atoms with Gasteiger partial charge in [0, 0.05) is 35.2 Å². The molecule has 8 nitrogen and oxygen atoms in total. The molecule has 2 saturated heterocycles. The fourth-order valence-electron chi connectivity index (χ4n) is 6.57. The van der Waals surface area contributed by atoms with Crippen molar-refractivity contribution in [2.24, 2.45) is 5.92 Å². The molecule has 11 heteroatoms. The van der Waals surface area contributed by atoms with E-state index < -0.39 is 27.9 Å². The van der Waals surface area contributed by atoms with Gasteiger partial charge in [-0.2, -0.15) is 4.31 Å². The standard InChI is InChI=1S/C31H34ClN3O5S2/c32-23-10-8-22(9-11-23)28-18-26(30(41-28)31(37)38)35-27(21-6-2-1-3-7-21)19-34(20-29(35)36)42(39,40)25-14-12-24(13-15-25)33-16-4-5-17-33/h8-15,18,21,27H,1-7,16-17,19-20H2,(H,37,38)/t27-/m0/s1. The van der Waals surface area contributed by atoms with Gasteiger partial charge in [-0.05, 0) is 79.6 Å². The van der Waals surface area contributed by atoms with Crippen molar-refractivity contribution >= 4 is 56.2 Å². The third kappa shape index (κ3) is 5.69. The molecule has 0 unspecified atom stereocenters. The van der Waals surface area contributed by atoms with E-state index in [4.69, 9.17) is 11.6 Å². The van der Waals surface area contributed by atoms with E-state index >= 15 is 0 Å². The van der Waals surface area contributed by atoms with Gasteiger partial charge in [0.25, 0.3) is 0 Å². The molecule has 1 saturated carbocycles. The summed E-state index contributed by atoms with van der Waals surface area (Å²) in [5, 5.41) is 10.7. The summed E-state index contributed by atoms with van der Waals surface area (Å²) >= 11 is 7.18. The van der Waals surface area contributed by atoms with Gasteiger partial charge in [0.05, 0.1) is 23.2 Å². The zero-order valence-electron chi connectivity index (χ0n) is 23.2. The lowest BCUT2D eigenvalue weighted by Gasteiger charge is -2.44. The maximum atomic E-state index is 13.9. The van der Waals surface area contributed by atoms with Gasteiger partial charge in [-0.25, -0.2) is 13.2 Å². The molecule has 0 spiro atoms. The quantitative estimate of drug-likeness (QED) is 0.328. The summed E-state index contributed by atoms with van der Waals surface area (Å²) in [6, 6.07) is 15.4. The molecule has 2 aromatic carbocycles. The number of carboxylic acids is 1. The number of hydrogen-bond acceptors (Lipinski definition) is 6. The molecule has 6 rings (SSSR count). The second kappa shape index (κ2) is 12.0. The average Bonchev–Trinajstić information content (AvgIpc) is 3.69. The van der Waals surface area contributed by atoms with Crippen LogP contribution in [0.15, 0.2) is 59.5 Å². The average molecular weight is 628 g/mol. The van der Waals surface area contributed by atoms with E-state index in [0.29, 0.717) is 15.6 Å². The number of aromatic carboxylic acids is 1. The van der Waals surface area contributed by atoms with Crippen LogP contribution in [-0.4, -0.2) is 61.9 Å². The Hall–Kier alpha value is -2.92. The molecule has 3 aromatic rings. The second-order valence-electron chi connectivity index (χ2n) is 11.4. The second-order valence-corrected chi connectivity index (χ2v) is 14.8. The van der Waals surface area contributed by atoms with Gasteiger partial charge in [0.15, 0.2) is 0 Å². The lowest BCUT2D eigenvalue weighted by atomic mass is 9.82. The highest BCUT2D eigenvalue weighted by Gasteiger charge is 2.44. The van der Waals surface area contributed by atoms with Crippen molar-refractivity contribution in [3.8, 4) is 10.4 Å². The molecule has 3 heterocycles. The molecular weight excluding hydrogens is 594 g/mol. The first-order valence-corrected chi connectivity index (χ1v) is 17.2. The number of hydrogen-bond donors (Lipinski definition) is 1. The molecule has 222 valence electrons. The summed E-state index contributed by atoms with van der Waals surface area (Å²) in [4.78, 5) is 31.2. The first kappa shape index (κ1) is 29.2. The number of carbonyl (C=O) groups is 2. The number of anilines is 2. The Bertz CT molecular complexity index is 1560. The molecule has 1 amide bonds. The number of thiophene rings is 1. The van der Waals surface area contributed by atoms with Crippen LogP contribution in [0.3, 0.4) is 0 Å². The smallest absolute Gasteiger partial charge is 0.348 e. The van der Waals surface area contributed by atoms with E-state index in [1.54, 1.807) is 35.2 Å². The van der Waals surface area contributed by atoms with Crippen LogP contribution < -0.4 is 9.80 Å². The van der Waals surface area contributed by atoms with Crippen molar-refractivity contribution in [3.63, 3.8) is 0 Å². The van der Waals surface area contributed by atoms with E-state index in [2.05, 4.69) is 4.90 Å². The minimum atomic E-state index is -3.94. The molecule has 3 fully saturated rings. The van der Waals surface area contributed by atoms with Gasteiger partial charge in [-0.15, -0.1) is 11.3 Å². The Morgan fingerprint density at radius 3 is 2.24 bits per heavy atom. The fourth-order valence-corrected chi connectivity index (χ4v) is 9.09. The SMILES string of the molecule is O=C(O)c1sc(-c2ccc(Cl)cc2)cc1N1C(=O)CN(S(=O)(=O)c2ccc(N3CCCC3)cc2)C[C@H]1C1CCCCC1. The van der Waals surface area contributed by atoms with Crippen LogP contribution in [0.2, 0.25) is 5.02 Å². The van der Waals surface area contributed by atoms with Gasteiger partial charge in [-0.3, -0.25) is 4.79 Å². The van der Waals surface area contributed by atoms with Crippen molar-refractivity contribution in [2.75, 3.05) is 36.0 Å². The molecule has 1 atom stereocenters. The zero-order valence-corrected chi connectivity index (χ0v) is 25.6. The fraction of sp³-hybridized carbons (Fsp3) is 0.419. The number of benzene rings is 2. The molecule has 1 aromatic heterocycles. The van der Waals surface area contributed by atoms with Crippen LogP contribution in [0.25, 0.3) is 10.4 Å². The van der Waals surface area contributed by atoms with Crippen molar-refractivity contribution in [1.29, 1.82) is 0 Å². The number of rotatable bonds is 7. The predicted octanol–water partition coefficient (Wildman–Crippen LogP) is 6.35. The summed E-state index contributed by atoms with van der Waals surface area (Å²) in [5.74, 6) is -1.45. The van der Waals surface area contributed by atoms with Crippen LogP contribution in [0.4, 0.5) is 11.4 Å². The largest absolute Gasteiger partial charge is 0.477 e. The van der Waals surface area contributed by atoms with Gasteiger partial charge < -0.3 is 14.9 Å². The van der Waals surface area contributed by atoms with Crippen LogP contribution in [-0.2, 0) is 14.8 Å². The predicted molar refractivity (Wildman–Crippen MR) is 166 cm³/mol. The molecule has 0 bridgehead atoms. The van der Waals surface area contributed by atoms with Gasteiger partial charge in [0.2, 0.25) is 15.9 Å². The molecule has 42 heavy (non-hydrogen) atoms. The highest BCUT2D eigenvalue weighted by Crippen LogP contribution is 2.42. The minimum absolute atomic E-state index is 0.0683. The number of sulfonamides is 1. The molecule has 1 N–H and O–H groups in total. The number of nitrogens with zero attached hydrogens (tertiary/aromatic N) is 3. The van der Waals surface area contributed by atoms with Crippen LogP contribution in [0.1, 0.15) is 54.6 Å². The Balaban J connectivity index is 1.34. The van der Waals surface area contributed by atoms with E-state index in [9.17, 15) is 23.1 Å². The molecule has 0 radical (unpaired) electrons. The molecule has 1 aliphatic carbocycles. The summed E-state index contributed by atoms with van der Waals surface area (Å²) in [5.41, 5.74) is 2.14. The van der Waals surface area contributed by atoms with Gasteiger partial charge in [0.1, 0.15) is 4.88 Å². The maximum absolute atomic E-state index is 13.9. The lowest BCUT2D eigenvalue weighted by Crippen LogP contribution is -2.60. The maximum Gasteiger partial charge on any atom is 0.348 e. The van der Waals surface area contributed by atoms with Crippen LogP contribution in [0, 0.1) is 5.92 Å². The highest BCUT2D eigenvalue weighted by molar-refractivity contribution is 7.89. The van der Waals surface area contributed by atoms with Crippen molar-refractivity contribution in [3.05, 3.63) is 64.5 Å². The molecule has 3 aliphatic rings. The third-order valence-electron chi connectivity index (χ3n) is 8.74. The Morgan fingerprint density at radius 1 is 0.929 bits per heavy atom. The summed E-state index contributed by atoms with van der Waals surface area (Å²) in [6.07, 6.45) is 7.08. The third-order valence-corrected chi connectivity index (χ3v) is 12.0. The van der Waals surface area contributed by atoms with Crippen LogP contribution >= 0.6 is 22.9 Å². The normalized spacial score (nSPS) is 20.8. The Kier molecular flexibility index (Phi) is 8.33. The van der Waals surface area contributed by atoms with E-state index in [0.717, 1.165) is 80.6 Å². The summed E-state index contributed by atoms with van der Waals surface area (Å²) < 4.78 is 29.0. The number of halogens is 1. The first-order valence-electron chi connectivity index (χ1n) is 14.5. The van der Waals surface area contributed by atoms with E-state index in [1.165, 1.54) is 4.31 Å². The molecular formula is C31H34ClN3O5S2. The topological polar surface area (TPSA) is 98.2 Å². The monoisotopic (exact) mass is 627 g/mol. The number of amides is 1. The number of piperazine rings is 1. The van der Waals surface area contributed by atoms with Crippen LogP contribution in [0.5, 0.6) is 0 Å². The lowest BCUT2D eigenvalue weighted by molar-refractivity contribution is -0.121. The van der Waals surface area contributed by atoms with E-state index in [1.807, 2.05) is 24.3 Å². The van der Waals surface area contributed by atoms with E-state index in [-0.39, 0.29) is 28.8 Å². The van der Waals surface area contributed by atoms with Gasteiger partial charge in [-0.1, -0.05) is 43.0 Å². The summed E-state index contributed by atoms with van der Waals surface area (Å²) in [7, 11) is -3.94.